The zero-order chi connectivity index (χ0) is 21.4. The summed E-state index contributed by atoms with van der Waals surface area (Å²) in [5.41, 5.74) is 8.36. The van der Waals surface area contributed by atoms with Crippen LogP contribution in [0.4, 0.5) is 0 Å². The smallest absolute Gasteiger partial charge is 0.121 e. The minimum absolute atomic E-state index is 0. The van der Waals surface area contributed by atoms with Gasteiger partial charge in [-0.15, -0.1) is 34.3 Å². The molecule has 0 saturated carbocycles. The van der Waals surface area contributed by atoms with Gasteiger partial charge in [0, 0.05) is 49.5 Å². The summed E-state index contributed by atoms with van der Waals surface area (Å²) in [6.45, 7) is 4.13. The molecular formula is C14H31I4N6P2S2V-. The first kappa shape index (κ1) is 49.3. The molecule has 0 aliphatic rings. The second kappa shape index (κ2) is 41.3. The fourth-order valence-electron chi connectivity index (χ4n) is 0.595. The molecule has 2 unspecified atom stereocenters. The molecule has 1 heterocycles. The summed E-state index contributed by atoms with van der Waals surface area (Å²) in [7, 11) is 8.30. The minimum Gasteiger partial charge on any atom is -0.316 e. The number of azide groups is 1. The van der Waals surface area contributed by atoms with E-state index in [0.717, 1.165) is 17.2 Å². The first-order valence-electron chi connectivity index (χ1n) is 6.37. The molecule has 0 saturated heterocycles. The van der Waals surface area contributed by atoms with E-state index >= 15 is 0 Å². The number of hydrogen-bond acceptors (Lipinski definition) is 5. The van der Waals surface area contributed by atoms with Gasteiger partial charge in [-0.1, -0.05) is 116 Å². The van der Waals surface area contributed by atoms with E-state index in [1.807, 2.05) is 24.6 Å². The van der Waals surface area contributed by atoms with Gasteiger partial charge in [0.15, 0.2) is 0 Å². The van der Waals surface area contributed by atoms with Crippen LogP contribution >= 0.6 is 130 Å². The second-order valence-corrected chi connectivity index (χ2v) is 20.7. The summed E-state index contributed by atoms with van der Waals surface area (Å²) in [5.74, 6) is 4.17. The number of aromatic nitrogens is 3. The van der Waals surface area contributed by atoms with E-state index in [-0.39, 0.29) is 33.4 Å². The third-order valence-corrected chi connectivity index (χ3v) is 2.93. The Morgan fingerprint density at radius 3 is 1.90 bits per heavy atom. The average molecular weight is 968 g/mol. The fourth-order valence-corrected chi connectivity index (χ4v) is 1.80. The van der Waals surface area contributed by atoms with Crippen LogP contribution in [0.5, 0.6) is 0 Å². The Morgan fingerprint density at radius 2 is 1.76 bits per heavy atom. The molecule has 0 bridgehead atoms. The van der Waals surface area contributed by atoms with Crippen molar-refractivity contribution < 1.29 is 18.6 Å². The molecule has 15 heteroatoms. The van der Waals surface area contributed by atoms with Crippen molar-refractivity contribution >= 4 is 130 Å². The van der Waals surface area contributed by atoms with Crippen LogP contribution in [0.2, 0.25) is 0 Å². The van der Waals surface area contributed by atoms with Crippen LogP contribution in [0.15, 0.2) is 11.3 Å². The Kier molecular flexibility index (Phi) is 70.2. The van der Waals surface area contributed by atoms with Crippen LogP contribution in [0.3, 0.4) is 0 Å². The number of nitrogens with zero attached hydrogens (tertiary/aromatic N) is 6. The van der Waals surface area contributed by atoms with Gasteiger partial charge in [0.1, 0.15) is -0.565 Å². The van der Waals surface area contributed by atoms with Gasteiger partial charge in [-0.05, 0) is 12.5 Å². The molecule has 0 spiro atoms. The molecule has 6 nitrogen and oxygen atoms in total. The molecule has 1 aromatic heterocycles. The van der Waals surface area contributed by atoms with Crippen molar-refractivity contribution in [1.29, 1.82) is 0 Å². The summed E-state index contributed by atoms with van der Waals surface area (Å²) in [4.78, 5) is 2.36. The van der Waals surface area contributed by atoms with Crippen molar-refractivity contribution in [3.8, 4) is 12.3 Å². The molecule has 0 aliphatic heterocycles. The molecule has 1 radical (unpaired) electrons. The topological polar surface area (TPSA) is 79.5 Å². The van der Waals surface area contributed by atoms with Gasteiger partial charge < -0.3 is 22.6 Å². The Balaban J connectivity index is -0.0000000431. The Hall–Kier alpha value is 3.07. The molecule has 0 N–H and O–H groups in total. The summed E-state index contributed by atoms with van der Waals surface area (Å²) in [6.07, 6.45) is 6.77. The largest absolute Gasteiger partial charge is 0.316 e. The SMILES string of the molecule is C.C.C#CCSP.CC(I)(I)I.CN=[N+]=[N-].C[CH-]I.Cn1cc(CSP)nn1.[V]. The van der Waals surface area contributed by atoms with E-state index < -0.39 is 0 Å². The summed E-state index contributed by atoms with van der Waals surface area (Å²) in [6, 6.07) is 0. The Labute approximate surface area is 257 Å². The van der Waals surface area contributed by atoms with Crippen molar-refractivity contribution in [1.82, 2.24) is 15.0 Å². The molecule has 2 atom stereocenters. The normalized spacial score (nSPS) is 7.48. The van der Waals surface area contributed by atoms with E-state index in [9.17, 15) is 0 Å². The van der Waals surface area contributed by atoms with Crippen LogP contribution in [-0.2, 0) is 31.4 Å². The number of alkyl halides is 3. The number of rotatable bonds is 3. The Bertz CT molecular complexity index is 493. The second-order valence-electron chi connectivity index (χ2n) is 3.50. The first-order valence-corrected chi connectivity index (χ1v) is 15.8. The van der Waals surface area contributed by atoms with Gasteiger partial charge in [0.25, 0.3) is 0 Å². The maximum absolute atomic E-state index is 7.33. The van der Waals surface area contributed by atoms with E-state index in [1.165, 1.54) is 7.05 Å². The van der Waals surface area contributed by atoms with Crippen molar-refractivity contribution in [2.45, 2.75) is 33.9 Å². The summed E-state index contributed by atoms with van der Waals surface area (Å²) >= 11 is 12.5. The van der Waals surface area contributed by atoms with Crippen LogP contribution in [0, 0.1) is 16.8 Å². The van der Waals surface area contributed by atoms with Gasteiger partial charge >= 0.3 is 0 Å². The van der Waals surface area contributed by atoms with Crippen LogP contribution in [0.1, 0.15) is 34.4 Å². The molecule has 173 valence electrons. The van der Waals surface area contributed by atoms with Crippen molar-refractivity contribution in [2.24, 2.45) is 12.2 Å². The first-order chi connectivity index (χ1) is 12.1. The van der Waals surface area contributed by atoms with E-state index in [1.54, 1.807) is 27.4 Å². The molecule has 0 fully saturated rings. The number of hydrogen-bond donors (Lipinski definition) is 0. The molecule has 1 aromatic rings. The average Bonchev–Trinajstić information content (AvgIpc) is 2.94. The van der Waals surface area contributed by atoms with Crippen LogP contribution < -0.4 is 0 Å². The predicted octanol–water partition coefficient (Wildman–Crippen LogP) is 8.75. The molecule has 0 aliphatic carbocycles. The third-order valence-electron chi connectivity index (χ3n) is 1.14. The minimum atomic E-state index is 0. The summed E-state index contributed by atoms with van der Waals surface area (Å²) in [5, 5.41) is 10.6. The molecule has 1 rings (SSSR count). The van der Waals surface area contributed by atoms with E-state index in [2.05, 4.69) is 140 Å². The molecule has 0 aromatic carbocycles. The number of terminal acetylenes is 1. The number of aryl methyl sites for hydroxylation is 1. The fraction of sp³-hybridized carbons (Fsp3) is 0.643. The maximum Gasteiger partial charge on any atom is 0.121 e. The van der Waals surface area contributed by atoms with Gasteiger partial charge in [0.05, 0.1) is 11.4 Å². The van der Waals surface area contributed by atoms with Crippen LogP contribution in [-0.4, -0.2) is 27.2 Å². The predicted molar refractivity (Wildman–Crippen MR) is 176 cm³/mol. The van der Waals surface area contributed by atoms with Crippen molar-refractivity contribution in [2.75, 3.05) is 12.8 Å². The van der Waals surface area contributed by atoms with E-state index in [0.29, 0.717) is -0.565 Å². The molecule has 29 heavy (non-hydrogen) atoms. The zero-order valence-electron chi connectivity index (χ0n) is 15.3. The maximum atomic E-state index is 7.33. The van der Waals surface area contributed by atoms with Crippen LogP contribution in [0.25, 0.3) is 10.4 Å². The quantitative estimate of drug-likeness (QED) is 0.0444. The van der Waals surface area contributed by atoms with Gasteiger partial charge in [-0.3, -0.25) is 9.11 Å². The molecular weight excluding hydrogens is 937 g/mol. The molecule has 0 amide bonds. The Morgan fingerprint density at radius 1 is 1.38 bits per heavy atom. The van der Waals surface area contributed by atoms with E-state index in [4.69, 9.17) is 12.0 Å². The van der Waals surface area contributed by atoms with Gasteiger partial charge in [-0.25, -0.2) is 0 Å². The standard InChI is InChI=1S/C4H8N3PS.C3H5PS.C2H3I3.C2H4I.CH3N3.2CH4.V/c1-7-2-4(3-9-8)5-6-7;1-2-3-5-4;1-2(3,4)5;1-2-3;1-3-4-2;;;/h2H,3,8H2,1H3;1H,3-4H2;1H3;2H,1H3;1H3;2*1H4;/q;;;-1;;;;. The third kappa shape index (κ3) is 80.4. The zero-order valence-corrected chi connectivity index (χ0v) is 29.2. The van der Waals surface area contributed by atoms with Gasteiger partial charge in [0.2, 0.25) is 0 Å². The number of halogens is 4. The van der Waals surface area contributed by atoms with Crippen molar-refractivity contribution in [3.63, 3.8) is 0 Å². The van der Waals surface area contributed by atoms with Gasteiger partial charge in [-0.2, -0.15) is 6.92 Å². The monoisotopic (exact) mass is 968 g/mol. The summed E-state index contributed by atoms with van der Waals surface area (Å²) < 4.78 is 4.08. The van der Waals surface area contributed by atoms with Crippen molar-refractivity contribution in [3.05, 3.63) is 26.8 Å².